The lowest BCUT2D eigenvalue weighted by atomic mass is 10.0. The van der Waals surface area contributed by atoms with E-state index in [1.807, 2.05) is 72.8 Å². The maximum atomic E-state index is 13.5. The van der Waals surface area contributed by atoms with Crippen molar-refractivity contribution in [1.82, 2.24) is 10.2 Å². The molecule has 2 amide bonds. The van der Waals surface area contributed by atoms with Crippen LogP contribution in [-0.2, 0) is 22.6 Å². The van der Waals surface area contributed by atoms with Gasteiger partial charge in [-0.2, -0.15) is 0 Å². The smallest absolute Gasteiger partial charge is 0.261 e. The van der Waals surface area contributed by atoms with Crippen LogP contribution in [0.5, 0.6) is 5.75 Å². The summed E-state index contributed by atoms with van der Waals surface area (Å²) in [6.07, 6.45) is 2.23. The molecule has 1 atom stereocenters. The van der Waals surface area contributed by atoms with Crippen LogP contribution in [0.15, 0.2) is 78.9 Å². The van der Waals surface area contributed by atoms with Crippen LogP contribution in [-0.4, -0.2) is 35.9 Å². The van der Waals surface area contributed by atoms with Crippen LogP contribution in [0.25, 0.3) is 0 Å². The Morgan fingerprint density at radius 2 is 1.69 bits per heavy atom. The van der Waals surface area contributed by atoms with Crippen molar-refractivity contribution in [3.63, 3.8) is 0 Å². The maximum absolute atomic E-state index is 13.5. The SMILES string of the molecule is CCCCNC(=O)[C@@H](Cc1ccccc1)N(Cc1ccccc1Cl)C(=O)COc1ccc(I)cc1. The topological polar surface area (TPSA) is 58.6 Å². The molecule has 35 heavy (non-hydrogen) atoms. The molecule has 0 aromatic heterocycles. The minimum Gasteiger partial charge on any atom is -0.484 e. The molecule has 0 fully saturated rings. The normalized spacial score (nSPS) is 11.5. The van der Waals surface area contributed by atoms with Gasteiger partial charge in [-0.1, -0.05) is 73.5 Å². The van der Waals surface area contributed by atoms with E-state index >= 15 is 0 Å². The summed E-state index contributed by atoms with van der Waals surface area (Å²) < 4.78 is 6.87. The number of benzene rings is 3. The molecule has 184 valence electrons. The summed E-state index contributed by atoms with van der Waals surface area (Å²) in [4.78, 5) is 28.5. The highest BCUT2D eigenvalue weighted by Gasteiger charge is 2.31. The number of nitrogens with one attached hydrogen (secondary N) is 1. The van der Waals surface area contributed by atoms with E-state index in [1.54, 1.807) is 11.0 Å². The van der Waals surface area contributed by atoms with E-state index in [-0.39, 0.29) is 25.0 Å². The van der Waals surface area contributed by atoms with E-state index in [0.717, 1.165) is 27.5 Å². The molecular formula is C28H30ClIN2O3. The number of hydrogen-bond acceptors (Lipinski definition) is 3. The molecule has 3 rings (SSSR count). The van der Waals surface area contributed by atoms with Gasteiger partial charge in [0.05, 0.1) is 0 Å². The highest BCUT2D eigenvalue weighted by Crippen LogP contribution is 2.21. The van der Waals surface area contributed by atoms with Crippen LogP contribution in [0.3, 0.4) is 0 Å². The van der Waals surface area contributed by atoms with Crippen LogP contribution in [0.1, 0.15) is 30.9 Å². The molecule has 3 aromatic rings. The molecule has 0 spiro atoms. The summed E-state index contributed by atoms with van der Waals surface area (Å²) in [5, 5.41) is 3.56. The van der Waals surface area contributed by atoms with Crippen molar-refractivity contribution in [2.75, 3.05) is 13.2 Å². The number of hydrogen-bond donors (Lipinski definition) is 1. The van der Waals surface area contributed by atoms with Crippen LogP contribution in [0.4, 0.5) is 0 Å². The van der Waals surface area contributed by atoms with Gasteiger partial charge in [-0.3, -0.25) is 9.59 Å². The molecule has 0 saturated heterocycles. The molecule has 7 heteroatoms. The van der Waals surface area contributed by atoms with Gasteiger partial charge in [-0.25, -0.2) is 0 Å². The Morgan fingerprint density at radius 1 is 1.00 bits per heavy atom. The number of nitrogens with zero attached hydrogens (tertiary/aromatic N) is 1. The van der Waals surface area contributed by atoms with Crippen LogP contribution < -0.4 is 10.1 Å². The zero-order valence-corrected chi connectivity index (χ0v) is 22.7. The van der Waals surface area contributed by atoms with Gasteiger partial charge in [-0.05, 0) is 70.5 Å². The molecule has 0 aliphatic carbocycles. The third-order valence-electron chi connectivity index (χ3n) is 5.58. The second kappa shape index (κ2) is 14.1. The molecular weight excluding hydrogens is 575 g/mol. The number of unbranched alkanes of at least 4 members (excludes halogenated alkanes) is 1. The average molecular weight is 605 g/mol. The fourth-order valence-corrected chi connectivity index (χ4v) is 4.18. The molecule has 0 aliphatic heterocycles. The Bertz CT molecular complexity index is 1090. The van der Waals surface area contributed by atoms with Crippen LogP contribution >= 0.6 is 34.2 Å². The van der Waals surface area contributed by atoms with E-state index in [2.05, 4.69) is 34.8 Å². The Labute approximate surface area is 226 Å². The molecule has 3 aromatic carbocycles. The van der Waals surface area contributed by atoms with Crippen molar-refractivity contribution in [3.05, 3.63) is 98.6 Å². The number of halogens is 2. The summed E-state index contributed by atoms with van der Waals surface area (Å²) in [6, 6.07) is 23.9. The predicted molar refractivity (Wildman–Crippen MR) is 149 cm³/mol. The summed E-state index contributed by atoms with van der Waals surface area (Å²) in [7, 11) is 0. The minimum atomic E-state index is -0.710. The number of carbonyl (C=O) groups is 2. The largest absolute Gasteiger partial charge is 0.484 e. The lowest BCUT2D eigenvalue weighted by Crippen LogP contribution is -2.51. The second-order valence-electron chi connectivity index (χ2n) is 8.21. The van der Waals surface area contributed by atoms with Crippen molar-refractivity contribution < 1.29 is 14.3 Å². The lowest BCUT2D eigenvalue weighted by Gasteiger charge is -2.31. The highest BCUT2D eigenvalue weighted by atomic mass is 127. The number of amides is 2. The molecule has 0 aliphatic rings. The summed E-state index contributed by atoms with van der Waals surface area (Å²) >= 11 is 8.65. The summed E-state index contributed by atoms with van der Waals surface area (Å²) in [5.41, 5.74) is 1.75. The molecule has 0 heterocycles. The fourth-order valence-electron chi connectivity index (χ4n) is 3.63. The Morgan fingerprint density at radius 3 is 2.37 bits per heavy atom. The first kappa shape index (κ1) is 27.0. The summed E-state index contributed by atoms with van der Waals surface area (Å²) in [5.74, 6) is 0.135. The minimum absolute atomic E-state index is 0.182. The third-order valence-corrected chi connectivity index (χ3v) is 6.66. The first-order valence-electron chi connectivity index (χ1n) is 11.7. The van der Waals surface area contributed by atoms with Gasteiger partial charge in [0.25, 0.3) is 5.91 Å². The zero-order chi connectivity index (χ0) is 25.0. The maximum Gasteiger partial charge on any atom is 0.261 e. The van der Waals surface area contributed by atoms with Crippen molar-refractivity contribution in [3.8, 4) is 5.75 Å². The highest BCUT2D eigenvalue weighted by molar-refractivity contribution is 14.1. The van der Waals surface area contributed by atoms with Crippen molar-refractivity contribution >= 4 is 46.0 Å². The molecule has 0 saturated carbocycles. The monoisotopic (exact) mass is 604 g/mol. The van der Waals surface area contributed by atoms with Gasteiger partial charge in [0.1, 0.15) is 11.8 Å². The molecule has 0 unspecified atom stereocenters. The predicted octanol–water partition coefficient (Wildman–Crippen LogP) is 5.88. The van der Waals surface area contributed by atoms with Gasteiger partial charge < -0.3 is 15.0 Å². The van der Waals surface area contributed by atoms with Gasteiger partial charge in [-0.15, -0.1) is 0 Å². The first-order valence-corrected chi connectivity index (χ1v) is 13.2. The quantitative estimate of drug-likeness (QED) is 0.208. The Balaban J connectivity index is 1.88. The van der Waals surface area contributed by atoms with E-state index in [9.17, 15) is 9.59 Å². The molecule has 0 bridgehead atoms. The van der Waals surface area contributed by atoms with E-state index in [0.29, 0.717) is 23.7 Å². The van der Waals surface area contributed by atoms with Crippen molar-refractivity contribution in [2.24, 2.45) is 0 Å². The number of ether oxygens (including phenoxy) is 1. The fraction of sp³-hybridized carbons (Fsp3) is 0.286. The molecule has 0 radical (unpaired) electrons. The van der Waals surface area contributed by atoms with E-state index < -0.39 is 6.04 Å². The van der Waals surface area contributed by atoms with Crippen LogP contribution in [0, 0.1) is 3.57 Å². The first-order chi connectivity index (χ1) is 17.0. The van der Waals surface area contributed by atoms with Gasteiger partial charge in [0.2, 0.25) is 5.91 Å². The molecule has 5 nitrogen and oxygen atoms in total. The van der Waals surface area contributed by atoms with Gasteiger partial charge in [0.15, 0.2) is 6.61 Å². The van der Waals surface area contributed by atoms with E-state index in [1.165, 1.54) is 0 Å². The Kier molecular flexibility index (Phi) is 10.9. The van der Waals surface area contributed by atoms with E-state index in [4.69, 9.17) is 16.3 Å². The Hall–Kier alpha value is -2.58. The van der Waals surface area contributed by atoms with Gasteiger partial charge in [0, 0.05) is 28.1 Å². The van der Waals surface area contributed by atoms with Crippen LogP contribution in [0.2, 0.25) is 5.02 Å². The van der Waals surface area contributed by atoms with Crippen molar-refractivity contribution in [2.45, 2.75) is 38.8 Å². The number of rotatable bonds is 12. The summed E-state index contributed by atoms with van der Waals surface area (Å²) in [6.45, 7) is 2.66. The lowest BCUT2D eigenvalue weighted by molar-refractivity contribution is -0.142. The zero-order valence-electron chi connectivity index (χ0n) is 19.8. The standard InChI is InChI=1S/C28H30ClIN2O3/c1-2-3-17-31-28(34)26(18-21-9-5-4-6-10-21)32(19-22-11-7-8-12-25(22)29)27(33)20-35-24-15-13-23(30)14-16-24/h4-16,26H,2-3,17-20H2,1H3,(H,31,34)/t26-/m1/s1. The van der Waals surface area contributed by atoms with Crippen molar-refractivity contribution in [1.29, 1.82) is 0 Å². The van der Waals surface area contributed by atoms with Gasteiger partial charge >= 0.3 is 0 Å². The number of carbonyl (C=O) groups excluding carboxylic acids is 2. The average Bonchev–Trinajstić information content (AvgIpc) is 2.87. The second-order valence-corrected chi connectivity index (χ2v) is 9.86. The third kappa shape index (κ3) is 8.54. The molecule has 1 N–H and O–H groups in total.